The second kappa shape index (κ2) is 3.57. The highest BCUT2D eigenvalue weighted by Gasteiger charge is 2.15. The van der Waals surface area contributed by atoms with Gasteiger partial charge in [0.05, 0.1) is 7.11 Å². The van der Waals surface area contributed by atoms with Crippen molar-refractivity contribution in [2.45, 2.75) is 0 Å². The minimum absolute atomic E-state index is 0.290. The predicted octanol–water partition coefficient (Wildman–Crippen LogP) is -0.185. The largest absolute Gasteiger partial charge is 0.469 e. The number of ether oxygens (including phenoxy) is 1. The maximum atomic E-state index is 7.38. The van der Waals surface area contributed by atoms with Crippen LogP contribution in [-0.4, -0.2) is 56.2 Å². The zero-order valence-corrected chi connectivity index (χ0v) is 7.13. The number of methoxy groups -OCH3 is 1. The van der Waals surface area contributed by atoms with Gasteiger partial charge in [-0.05, 0) is 7.05 Å². The molecule has 0 unspecified atom stereocenters. The quantitative estimate of drug-likeness (QED) is 0.391. The fourth-order valence-corrected chi connectivity index (χ4v) is 1.14. The van der Waals surface area contributed by atoms with Gasteiger partial charge in [-0.15, -0.1) is 0 Å². The molecule has 0 atom stereocenters. The van der Waals surface area contributed by atoms with Gasteiger partial charge in [0.1, 0.15) is 0 Å². The van der Waals surface area contributed by atoms with Gasteiger partial charge in [-0.3, -0.25) is 5.41 Å². The molecule has 4 heteroatoms. The van der Waals surface area contributed by atoms with Crippen LogP contribution >= 0.6 is 0 Å². The highest BCUT2D eigenvalue weighted by atomic mass is 16.5. The summed E-state index contributed by atoms with van der Waals surface area (Å²) < 4.78 is 4.82. The minimum atomic E-state index is 0.290. The van der Waals surface area contributed by atoms with Crippen LogP contribution in [0.1, 0.15) is 0 Å². The van der Waals surface area contributed by atoms with E-state index in [0.29, 0.717) is 0 Å². The molecule has 1 saturated heterocycles. The molecule has 1 fully saturated rings. The molecule has 1 N–H and O–H groups in total. The van der Waals surface area contributed by atoms with Gasteiger partial charge in [0, 0.05) is 26.2 Å². The topological polar surface area (TPSA) is 39.6 Å². The van der Waals surface area contributed by atoms with Crippen molar-refractivity contribution in [3.05, 3.63) is 0 Å². The third kappa shape index (κ3) is 2.08. The standard InChI is InChI=1S/C7H15N3O/c1-9-3-5-10(6-4-9)7(8)11-2/h8H,3-6H2,1-2H3. The van der Waals surface area contributed by atoms with Gasteiger partial charge in [-0.2, -0.15) is 0 Å². The van der Waals surface area contributed by atoms with Crippen LogP contribution in [0, 0.1) is 5.41 Å². The highest BCUT2D eigenvalue weighted by molar-refractivity contribution is 5.70. The number of nitrogens with one attached hydrogen (secondary N) is 1. The molecule has 0 saturated carbocycles. The average Bonchev–Trinajstić information content (AvgIpc) is 2.05. The van der Waals surface area contributed by atoms with E-state index in [1.807, 2.05) is 4.90 Å². The van der Waals surface area contributed by atoms with Crippen molar-refractivity contribution in [1.29, 1.82) is 5.41 Å². The smallest absolute Gasteiger partial charge is 0.284 e. The van der Waals surface area contributed by atoms with E-state index >= 15 is 0 Å². The molecule has 64 valence electrons. The van der Waals surface area contributed by atoms with Crippen LogP contribution in [0.3, 0.4) is 0 Å². The van der Waals surface area contributed by atoms with E-state index in [2.05, 4.69) is 11.9 Å². The summed E-state index contributed by atoms with van der Waals surface area (Å²) in [4.78, 5) is 4.19. The molecule has 0 spiro atoms. The van der Waals surface area contributed by atoms with Crippen molar-refractivity contribution >= 4 is 6.02 Å². The van der Waals surface area contributed by atoms with Crippen molar-refractivity contribution in [1.82, 2.24) is 9.80 Å². The fourth-order valence-electron chi connectivity index (χ4n) is 1.14. The molecular weight excluding hydrogens is 142 g/mol. The molecule has 0 bridgehead atoms. The van der Waals surface area contributed by atoms with Gasteiger partial charge in [-0.25, -0.2) is 0 Å². The Morgan fingerprint density at radius 3 is 2.27 bits per heavy atom. The lowest BCUT2D eigenvalue weighted by Gasteiger charge is -2.32. The normalized spacial score (nSPS) is 20.0. The molecule has 1 heterocycles. The van der Waals surface area contributed by atoms with Crippen molar-refractivity contribution in [3.63, 3.8) is 0 Å². The van der Waals surface area contributed by atoms with Gasteiger partial charge in [0.2, 0.25) is 0 Å². The molecule has 0 radical (unpaired) electrons. The molecule has 0 aromatic rings. The first-order valence-electron chi connectivity index (χ1n) is 3.80. The van der Waals surface area contributed by atoms with E-state index in [4.69, 9.17) is 10.1 Å². The maximum absolute atomic E-state index is 7.38. The summed E-state index contributed by atoms with van der Waals surface area (Å²) in [5, 5.41) is 7.38. The van der Waals surface area contributed by atoms with Crippen LogP contribution in [0.4, 0.5) is 0 Å². The molecule has 1 aliphatic rings. The Balaban J connectivity index is 2.33. The summed E-state index contributed by atoms with van der Waals surface area (Å²) >= 11 is 0. The third-order valence-electron chi connectivity index (χ3n) is 1.98. The molecule has 0 aliphatic carbocycles. The first-order valence-corrected chi connectivity index (χ1v) is 3.80. The monoisotopic (exact) mass is 157 g/mol. The Labute approximate surface area is 67.2 Å². The lowest BCUT2D eigenvalue weighted by Crippen LogP contribution is -2.47. The highest BCUT2D eigenvalue weighted by Crippen LogP contribution is 1.99. The molecule has 4 nitrogen and oxygen atoms in total. The van der Waals surface area contributed by atoms with Crippen molar-refractivity contribution < 1.29 is 4.74 Å². The first-order chi connectivity index (χ1) is 5.24. The number of hydrogen-bond acceptors (Lipinski definition) is 3. The Morgan fingerprint density at radius 2 is 1.82 bits per heavy atom. The first kappa shape index (κ1) is 8.33. The summed E-state index contributed by atoms with van der Waals surface area (Å²) in [6, 6.07) is 0.290. The van der Waals surface area contributed by atoms with Crippen molar-refractivity contribution in [2.75, 3.05) is 40.3 Å². The van der Waals surface area contributed by atoms with Crippen LogP contribution in [0.5, 0.6) is 0 Å². The van der Waals surface area contributed by atoms with E-state index in [0.717, 1.165) is 26.2 Å². The van der Waals surface area contributed by atoms with E-state index in [-0.39, 0.29) is 6.02 Å². The molecule has 0 aromatic heterocycles. The van der Waals surface area contributed by atoms with E-state index in [9.17, 15) is 0 Å². The maximum Gasteiger partial charge on any atom is 0.284 e. The van der Waals surface area contributed by atoms with Crippen LogP contribution < -0.4 is 0 Å². The molecular formula is C7H15N3O. The van der Waals surface area contributed by atoms with Gasteiger partial charge < -0.3 is 14.5 Å². The van der Waals surface area contributed by atoms with E-state index in [1.165, 1.54) is 0 Å². The Morgan fingerprint density at radius 1 is 1.27 bits per heavy atom. The van der Waals surface area contributed by atoms with E-state index < -0.39 is 0 Å². The average molecular weight is 157 g/mol. The summed E-state index contributed by atoms with van der Waals surface area (Å²) in [5.74, 6) is 0. The van der Waals surface area contributed by atoms with Crippen LogP contribution in [-0.2, 0) is 4.74 Å². The van der Waals surface area contributed by atoms with E-state index in [1.54, 1.807) is 7.11 Å². The number of rotatable bonds is 0. The van der Waals surface area contributed by atoms with Crippen molar-refractivity contribution in [3.8, 4) is 0 Å². The summed E-state index contributed by atoms with van der Waals surface area (Å²) in [5.41, 5.74) is 0. The molecule has 11 heavy (non-hydrogen) atoms. The Bertz CT molecular complexity index is 141. The van der Waals surface area contributed by atoms with Gasteiger partial charge in [0.25, 0.3) is 6.02 Å². The second-order valence-corrected chi connectivity index (χ2v) is 2.80. The third-order valence-corrected chi connectivity index (χ3v) is 1.98. The lowest BCUT2D eigenvalue weighted by atomic mass is 10.3. The zero-order valence-electron chi connectivity index (χ0n) is 7.13. The molecule has 0 amide bonds. The van der Waals surface area contributed by atoms with Crippen molar-refractivity contribution in [2.24, 2.45) is 0 Å². The predicted molar refractivity (Wildman–Crippen MR) is 43.8 cm³/mol. The molecule has 1 aliphatic heterocycles. The molecule has 1 rings (SSSR count). The summed E-state index contributed by atoms with van der Waals surface area (Å²) in [6.07, 6.45) is 0. The SMILES string of the molecule is COC(=N)N1CCN(C)CC1. The zero-order chi connectivity index (χ0) is 8.27. The Kier molecular flexibility index (Phi) is 2.70. The number of hydrogen-bond donors (Lipinski definition) is 1. The number of piperazine rings is 1. The number of nitrogens with zero attached hydrogens (tertiary/aromatic N) is 2. The summed E-state index contributed by atoms with van der Waals surface area (Å²) in [6.45, 7) is 3.85. The van der Waals surface area contributed by atoms with Crippen LogP contribution in [0.2, 0.25) is 0 Å². The lowest BCUT2D eigenvalue weighted by molar-refractivity contribution is 0.181. The Hall–Kier alpha value is -0.770. The fraction of sp³-hybridized carbons (Fsp3) is 0.857. The second-order valence-electron chi connectivity index (χ2n) is 2.80. The molecule has 0 aromatic carbocycles. The van der Waals surface area contributed by atoms with Gasteiger partial charge in [-0.1, -0.05) is 0 Å². The summed E-state index contributed by atoms with van der Waals surface area (Å²) in [7, 11) is 3.63. The van der Waals surface area contributed by atoms with Gasteiger partial charge in [0.15, 0.2) is 0 Å². The number of amidine groups is 1. The van der Waals surface area contributed by atoms with Gasteiger partial charge >= 0.3 is 0 Å². The van der Waals surface area contributed by atoms with Crippen LogP contribution in [0.25, 0.3) is 0 Å². The van der Waals surface area contributed by atoms with Crippen LogP contribution in [0.15, 0.2) is 0 Å². The number of likely N-dealkylation sites (N-methyl/N-ethyl adjacent to an activating group) is 1. The minimum Gasteiger partial charge on any atom is -0.469 e.